The van der Waals surface area contributed by atoms with Gasteiger partial charge in [-0.25, -0.2) is 0 Å². The number of aryl methyl sites for hydroxylation is 1. The van der Waals surface area contributed by atoms with Gasteiger partial charge in [-0.15, -0.1) is 0 Å². The number of methoxy groups -OCH3 is 1. The molecule has 0 saturated carbocycles. The van der Waals surface area contributed by atoms with Crippen LogP contribution in [0.5, 0.6) is 0 Å². The summed E-state index contributed by atoms with van der Waals surface area (Å²) in [6.07, 6.45) is -1.87. The summed E-state index contributed by atoms with van der Waals surface area (Å²) in [6, 6.07) is 12.9. The number of alkyl halides is 3. The Bertz CT molecular complexity index is 1160. The summed E-state index contributed by atoms with van der Waals surface area (Å²) < 4.78 is 47.2. The quantitative estimate of drug-likeness (QED) is 0.351. The summed E-state index contributed by atoms with van der Waals surface area (Å²) in [6.45, 7) is 5.12. The molecule has 3 heterocycles. The molecule has 1 saturated heterocycles. The minimum Gasteiger partial charge on any atom is -0.385 e. The summed E-state index contributed by atoms with van der Waals surface area (Å²) in [5, 5.41) is 4.04. The van der Waals surface area contributed by atoms with Gasteiger partial charge in [0.2, 0.25) is 0 Å². The van der Waals surface area contributed by atoms with Crippen LogP contribution in [-0.4, -0.2) is 39.8 Å². The highest BCUT2D eigenvalue weighted by molar-refractivity contribution is 7.80. The molecule has 3 aromatic rings. The number of pyridine rings is 1. The van der Waals surface area contributed by atoms with E-state index in [1.54, 1.807) is 19.4 Å². The van der Waals surface area contributed by atoms with Gasteiger partial charge >= 0.3 is 6.18 Å². The van der Waals surface area contributed by atoms with Crippen molar-refractivity contribution in [1.82, 2.24) is 19.8 Å². The first-order valence-electron chi connectivity index (χ1n) is 11.1. The number of hydrogen-bond donors (Lipinski definition) is 1. The molecular weight excluding hydrogens is 461 g/mol. The topological polar surface area (TPSA) is 42.3 Å². The molecule has 1 aromatic carbocycles. The average Bonchev–Trinajstić information content (AvgIpc) is 3.29. The average molecular weight is 489 g/mol. The Balaban J connectivity index is 1.79. The molecule has 0 spiro atoms. The SMILES string of the molecule is COCCCN1C(=S)NC(c2ccccn2)C1c1cc(C)n(-c2cccc(C(F)(F)F)c2)c1C. The first-order valence-corrected chi connectivity index (χ1v) is 11.5. The van der Waals surface area contributed by atoms with E-state index in [-0.39, 0.29) is 12.1 Å². The number of ether oxygens (including phenoxy) is 1. The predicted molar refractivity (Wildman–Crippen MR) is 129 cm³/mol. The van der Waals surface area contributed by atoms with Crippen molar-refractivity contribution in [2.45, 2.75) is 38.5 Å². The van der Waals surface area contributed by atoms with Crippen molar-refractivity contribution in [3.8, 4) is 5.69 Å². The number of aromatic nitrogens is 2. The fraction of sp³-hybridized carbons (Fsp3) is 0.360. The maximum Gasteiger partial charge on any atom is 0.416 e. The Kier molecular flexibility index (Phi) is 6.95. The highest BCUT2D eigenvalue weighted by Gasteiger charge is 2.41. The minimum atomic E-state index is -4.41. The van der Waals surface area contributed by atoms with Gasteiger partial charge in [-0.1, -0.05) is 12.1 Å². The fourth-order valence-electron chi connectivity index (χ4n) is 4.67. The summed E-state index contributed by atoms with van der Waals surface area (Å²) >= 11 is 5.69. The molecule has 0 radical (unpaired) electrons. The van der Waals surface area contributed by atoms with Crippen LogP contribution in [0, 0.1) is 13.8 Å². The minimum absolute atomic E-state index is 0.162. The summed E-state index contributed by atoms with van der Waals surface area (Å²) in [7, 11) is 1.66. The monoisotopic (exact) mass is 488 g/mol. The zero-order chi connectivity index (χ0) is 24.5. The maximum atomic E-state index is 13.4. The number of hydrogen-bond acceptors (Lipinski definition) is 3. The first kappa shape index (κ1) is 24.2. The molecular formula is C25H27F3N4OS. The van der Waals surface area contributed by atoms with Crippen molar-refractivity contribution in [3.05, 3.63) is 82.9 Å². The van der Waals surface area contributed by atoms with Gasteiger partial charge in [-0.3, -0.25) is 4.98 Å². The van der Waals surface area contributed by atoms with E-state index in [2.05, 4.69) is 15.2 Å². The number of nitrogens with one attached hydrogen (secondary N) is 1. The van der Waals surface area contributed by atoms with Crippen LogP contribution in [0.4, 0.5) is 13.2 Å². The molecule has 1 aliphatic heterocycles. The molecule has 2 aromatic heterocycles. The van der Waals surface area contributed by atoms with Crippen molar-refractivity contribution in [2.75, 3.05) is 20.3 Å². The summed E-state index contributed by atoms with van der Waals surface area (Å²) in [5.41, 5.74) is 3.37. The fourth-order valence-corrected chi connectivity index (χ4v) is 5.00. The van der Waals surface area contributed by atoms with Crippen LogP contribution in [-0.2, 0) is 10.9 Å². The Morgan fingerprint density at radius 1 is 1.12 bits per heavy atom. The Morgan fingerprint density at radius 3 is 2.59 bits per heavy atom. The van der Waals surface area contributed by atoms with E-state index >= 15 is 0 Å². The van der Waals surface area contributed by atoms with E-state index in [4.69, 9.17) is 17.0 Å². The number of thiocarbonyl (C=S) groups is 1. The number of benzene rings is 1. The smallest absolute Gasteiger partial charge is 0.385 e. The van der Waals surface area contributed by atoms with Crippen LogP contribution in [0.15, 0.2) is 54.7 Å². The van der Waals surface area contributed by atoms with E-state index in [9.17, 15) is 13.2 Å². The second-order valence-corrected chi connectivity index (χ2v) is 8.76. The van der Waals surface area contributed by atoms with E-state index in [0.29, 0.717) is 24.0 Å². The molecule has 9 heteroatoms. The summed E-state index contributed by atoms with van der Waals surface area (Å²) in [4.78, 5) is 6.68. The molecule has 1 fully saturated rings. The van der Waals surface area contributed by atoms with Gasteiger partial charge < -0.3 is 19.5 Å². The third kappa shape index (κ3) is 4.67. The Morgan fingerprint density at radius 2 is 1.91 bits per heavy atom. The van der Waals surface area contributed by atoms with Crippen molar-refractivity contribution in [2.24, 2.45) is 0 Å². The number of nitrogens with zero attached hydrogens (tertiary/aromatic N) is 3. The van der Waals surface area contributed by atoms with Crippen molar-refractivity contribution < 1.29 is 17.9 Å². The molecule has 0 amide bonds. The van der Waals surface area contributed by atoms with E-state index < -0.39 is 11.7 Å². The standard InChI is InChI=1S/C25H27F3N4OS/c1-16-14-20(17(2)32(16)19-9-6-8-18(15-19)25(26,27)28)23-22(21-10-4-5-11-29-21)30-24(34)31(23)12-7-13-33-3/h4-6,8-11,14-15,22-23H,7,12-13H2,1-3H3,(H,30,34). The molecule has 180 valence electrons. The number of halogens is 3. The van der Waals surface area contributed by atoms with Crippen LogP contribution >= 0.6 is 12.2 Å². The molecule has 2 unspecified atom stereocenters. The second kappa shape index (κ2) is 9.76. The highest BCUT2D eigenvalue weighted by atomic mass is 32.1. The van der Waals surface area contributed by atoms with Gasteiger partial charge in [0.15, 0.2) is 5.11 Å². The maximum absolute atomic E-state index is 13.4. The lowest BCUT2D eigenvalue weighted by atomic mass is 9.96. The van der Waals surface area contributed by atoms with Gasteiger partial charge in [0.05, 0.1) is 23.3 Å². The van der Waals surface area contributed by atoms with Crippen LogP contribution in [0.1, 0.15) is 46.7 Å². The zero-order valence-corrected chi connectivity index (χ0v) is 20.1. The van der Waals surface area contributed by atoms with E-state index in [0.717, 1.165) is 35.1 Å². The molecule has 0 bridgehead atoms. The third-order valence-corrected chi connectivity index (χ3v) is 6.52. The lowest BCUT2D eigenvalue weighted by Crippen LogP contribution is -2.31. The molecule has 0 aliphatic carbocycles. The van der Waals surface area contributed by atoms with Gasteiger partial charge in [-0.2, -0.15) is 13.2 Å². The first-order chi connectivity index (χ1) is 16.2. The van der Waals surface area contributed by atoms with Gasteiger partial charge in [0.25, 0.3) is 0 Å². The molecule has 1 aliphatic rings. The van der Waals surface area contributed by atoms with E-state index in [1.807, 2.05) is 42.7 Å². The molecule has 2 atom stereocenters. The molecule has 4 rings (SSSR count). The van der Waals surface area contributed by atoms with Gasteiger partial charge in [0.1, 0.15) is 0 Å². The largest absolute Gasteiger partial charge is 0.416 e. The third-order valence-electron chi connectivity index (χ3n) is 6.17. The lowest BCUT2D eigenvalue weighted by Gasteiger charge is -2.28. The van der Waals surface area contributed by atoms with Crippen molar-refractivity contribution in [3.63, 3.8) is 0 Å². The normalized spacial score (nSPS) is 18.4. The van der Waals surface area contributed by atoms with Crippen LogP contribution < -0.4 is 5.32 Å². The van der Waals surface area contributed by atoms with Crippen LogP contribution in [0.2, 0.25) is 0 Å². The molecule has 34 heavy (non-hydrogen) atoms. The Labute approximate surface area is 202 Å². The second-order valence-electron chi connectivity index (χ2n) is 8.38. The van der Waals surface area contributed by atoms with Gasteiger partial charge in [0, 0.05) is 43.5 Å². The van der Waals surface area contributed by atoms with Crippen LogP contribution in [0.25, 0.3) is 5.69 Å². The highest BCUT2D eigenvalue weighted by Crippen LogP contribution is 2.41. The number of rotatable bonds is 7. The Hall–Kier alpha value is -2.91. The van der Waals surface area contributed by atoms with Gasteiger partial charge in [-0.05, 0) is 74.4 Å². The van der Waals surface area contributed by atoms with Crippen molar-refractivity contribution >= 4 is 17.3 Å². The zero-order valence-electron chi connectivity index (χ0n) is 19.3. The summed E-state index contributed by atoms with van der Waals surface area (Å²) in [5.74, 6) is 0. The lowest BCUT2D eigenvalue weighted by molar-refractivity contribution is -0.137. The van der Waals surface area contributed by atoms with Crippen molar-refractivity contribution in [1.29, 1.82) is 0 Å². The molecule has 1 N–H and O–H groups in total. The van der Waals surface area contributed by atoms with Crippen LogP contribution in [0.3, 0.4) is 0 Å². The molecule has 5 nitrogen and oxygen atoms in total. The predicted octanol–water partition coefficient (Wildman–Crippen LogP) is 5.52. The van der Waals surface area contributed by atoms with E-state index in [1.165, 1.54) is 12.1 Å².